The molecule has 1 saturated heterocycles. The Kier molecular flexibility index (Phi) is 2.06. The van der Waals surface area contributed by atoms with Gasteiger partial charge in [-0.05, 0) is 13.3 Å². The second-order valence-corrected chi connectivity index (χ2v) is 2.79. The van der Waals surface area contributed by atoms with E-state index in [-0.39, 0.29) is 5.92 Å². The molecule has 2 heteroatoms. The van der Waals surface area contributed by atoms with Gasteiger partial charge in [0, 0.05) is 18.5 Å². The van der Waals surface area contributed by atoms with Crippen LogP contribution in [0, 0.1) is 5.92 Å². The molecule has 1 aliphatic heterocycles. The molecular formula is C7H14FN. The number of nitrogens with one attached hydrogen (secondary N) is 1. The number of alkyl halides is 1. The number of hydrogen-bond donors (Lipinski definition) is 1. The molecule has 9 heavy (non-hydrogen) atoms. The van der Waals surface area contributed by atoms with Crippen molar-refractivity contribution in [2.24, 2.45) is 5.92 Å². The van der Waals surface area contributed by atoms with Crippen LogP contribution in [0.4, 0.5) is 4.39 Å². The van der Waals surface area contributed by atoms with E-state index in [1.807, 2.05) is 13.8 Å². The van der Waals surface area contributed by atoms with Crippen LogP contribution in [0.15, 0.2) is 0 Å². The van der Waals surface area contributed by atoms with Crippen molar-refractivity contribution in [1.29, 1.82) is 0 Å². The highest BCUT2D eigenvalue weighted by molar-refractivity contribution is 4.86. The fourth-order valence-corrected chi connectivity index (χ4v) is 1.52. The van der Waals surface area contributed by atoms with E-state index in [0.29, 0.717) is 12.6 Å². The van der Waals surface area contributed by atoms with Gasteiger partial charge in [0.05, 0.1) is 0 Å². The molecule has 0 aromatic rings. The van der Waals surface area contributed by atoms with Crippen LogP contribution in [0.3, 0.4) is 0 Å². The molecule has 0 bridgehead atoms. The molecule has 0 amide bonds. The molecular weight excluding hydrogens is 117 g/mol. The Morgan fingerprint density at radius 3 is 2.56 bits per heavy atom. The first-order valence-electron chi connectivity index (χ1n) is 3.63. The monoisotopic (exact) mass is 131 g/mol. The first-order valence-corrected chi connectivity index (χ1v) is 3.63. The molecule has 1 aliphatic rings. The molecule has 0 aromatic heterocycles. The van der Waals surface area contributed by atoms with Gasteiger partial charge in [-0.25, -0.2) is 4.39 Å². The van der Waals surface area contributed by atoms with Crippen LogP contribution >= 0.6 is 0 Å². The van der Waals surface area contributed by atoms with Crippen molar-refractivity contribution in [3.05, 3.63) is 0 Å². The predicted molar refractivity (Wildman–Crippen MR) is 36.1 cm³/mol. The Hall–Kier alpha value is -0.110. The minimum atomic E-state index is -0.606. The van der Waals surface area contributed by atoms with E-state index in [2.05, 4.69) is 5.32 Å². The Morgan fingerprint density at radius 2 is 2.33 bits per heavy atom. The zero-order chi connectivity index (χ0) is 6.85. The second-order valence-electron chi connectivity index (χ2n) is 2.79. The Labute approximate surface area is 55.6 Å². The average Bonchev–Trinajstić information content (AvgIpc) is 2.12. The van der Waals surface area contributed by atoms with Gasteiger partial charge in [-0.1, -0.05) is 6.92 Å². The van der Waals surface area contributed by atoms with Crippen LogP contribution < -0.4 is 5.32 Å². The highest BCUT2D eigenvalue weighted by atomic mass is 19.1. The third-order valence-corrected chi connectivity index (χ3v) is 2.21. The lowest BCUT2D eigenvalue weighted by atomic mass is 9.98. The summed E-state index contributed by atoms with van der Waals surface area (Å²) < 4.78 is 12.8. The topological polar surface area (TPSA) is 12.0 Å². The molecule has 0 unspecified atom stereocenters. The fourth-order valence-electron chi connectivity index (χ4n) is 1.52. The van der Waals surface area contributed by atoms with Crippen molar-refractivity contribution in [2.75, 3.05) is 6.54 Å². The van der Waals surface area contributed by atoms with E-state index in [0.717, 1.165) is 6.42 Å². The molecule has 0 saturated carbocycles. The van der Waals surface area contributed by atoms with Crippen LogP contribution in [-0.2, 0) is 0 Å². The molecule has 54 valence electrons. The van der Waals surface area contributed by atoms with Crippen LogP contribution in [-0.4, -0.2) is 18.8 Å². The summed E-state index contributed by atoms with van der Waals surface area (Å²) in [5.74, 6) is 0.255. The zero-order valence-electron chi connectivity index (χ0n) is 6.02. The summed E-state index contributed by atoms with van der Waals surface area (Å²) in [6.45, 7) is 4.65. The smallest absolute Gasteiger partial charge is 0.117 e. The fraction of sp³-hybridized carbons (Fsp3) is 1.00. The van der Waals surface area contributed by atoms with Gasteiger partial charge in [-0.2, -0.15) is 0 Å². The molecule has 1 fully saturated rings. The third kappa shape index (κ3) is 1.23. The van der Waals surface area contributed by atoms with Gasteiger partial charge in [-0.3, -0.25) is 0 Å². The van der Waals surface area contributed by atoms with Gasteiger partial charge in [-0.15, -0.1) is 0 Å². The predicted octanol–water partition coefficient (Wildman–Crippen LogP) is 1.34. The van der Waals surface area contributed by atoms with Crippen molar-refractivity contribution in [1.82, 2.24) is 5.32 Å². The van der Waals surface area contributed by atoms with Crippen molar-refractivity contribution >= 4 is 0 Å². The summed E-state index contributed by atoms with van der Waals surface area (Å²) in [4.78, 5) is 0. The molecule has 1 nitrogen and oxygen atoms in total. The summed E-state index contributed by atoms with van der Waals surface area (Å²) in [6, 6.07) is 0.380. The number of hydrogen-bond acceptors (Lipinski definition) is 1. The summed E-state index contributed by atoms with van der Waals surface area (Å²) >= 11 is 0. The molecule has 1 N–H and O–H groups in total. The Bertz CT molecular complexity index is 84.9. The molecule has 0 aromatic carbocycles. The lowest BCUT2D eigenvalue weighted by Crippen LogP contribution is -2.22. The largest absolute Gasteiger partial charge is 0.311 e. The van der Waals surface area contributed by atoms with Gasteiger partial charge in [0.2, 0.25) is 0 Å². The first kappa shape index (κ1) is 7.00. The standard InChI is InChI=1S/C7H14FN/c1-3-6-5(2)9-4-7(6)8/h5-7,9H,3-4H2,1-2H3/t5-,6-,7+/m1/s1. The minimum Gasteiger partial charge on any atom is -0.311 e. The lowest BCUT2D eigenvalue weighted by molar-refractivity contribution is 0.261. The molecule has 0 spiro atoms. The maximum absolute atomic E-state index is 12.8. The van der Waals surface area contributed by atoms with Crippen molar-refractivity contribution < 1.29 is 4.39 Å². The lowest BCUT2D eigenvalue weighted by Gasteiger charge is -2.12. The van der Waals surface area contributed by atoms with Crippen LogP contribution in [0.1, 0.15) is 20.3 Å². The van der Waals surface area contributed by atoms with Crippen molar-refractivity contribution in [3.8, 4) is 0 Å². The van der Waals surface area contributed by atoms with E-state index in [9.17, 15) is 4.39 Å². The number of rotatable bonds is 1. The Balaban J connectivity index is 2.44. The van der Waals surface area contributed by atoms with E-state index in [1.54, 1.807) is 0 Å². The normalized spacial score (nSPS) is 43.7. The molecule has 0 aliphatic carbocycles. The molecule has 3 atom stereocenters. The summed E-state index contributed by atoms with van der Waals surface area (Å²) in [7, 11) is 0. The second kappa shape index (κ2) is 2.65. The quantitative estimate of drug-likeness (QED) is 0.566. The van der Waals surface area contributed by atoms with E-state index < -0.39 is 6.17 Å². The highest BCUT2D eigenvalue weighted by Crippen LogP contribution is 2.21. The van der Waals surface area contributed by atoms with E-state index >= 15 is 0 Å². The van der Waals surface area contributed by atoms with Gasteiger partial charge in [0.15, 0.2) is 0 Å². The summed E-state index contributed by atoms with van der Waals surface area (Å²) in [5, 5.41) is 3.10. The SMILES string of the molecule is CC[C@H]1[C@@H](F)CN[C@@H]1C. The number of halogens is 1. The zero-order valence-corrected chi connectivity index (χ0v) is 6.02. The highest BCUT2D eigenvalue weighted by Gasteiger charge is 2.30. The van der Waals surface area contributed by atoms with Gasteiger partial charge >= 0.3 is 0 Å². The average molecular weight is 131 g/mol. The molecule has 1 heterocycles. The third-order valence-electron chi connectivity index (χ3n) is 2.21. The minimum absolute atomic E-state index is 0.255. The van der Waals surface area contributed by atoms with Crippen molar-refractivity contribution in [3.63, 3.8) is 0 Å². The van der Waals surface area contributed by atoms with Gasteiger partial charge < -0.3 is 5.32 Å². The van der Waals surface area contributed by atoms with Crippen LogP contribution in [0.25, 0.3) is 0 Å². The molecule has 1 rings (SSSR count). The van der Waals surface area contributed by atoms with Gasteiger partial charge in [0.1, 0.15) is 6.17 Å². The van der Waals surface area contributed by atoms with E-state index in [1.165, 1.54) is 0 Å². The van der Waals surface area contributed by atoms with Gasteiger partial charge in [0.25, 0.3) is 0 Å². The van der Waals surface area contributed by atoms with Crippen LogP contribution in [0.5, 0.6) is 0 Å². The van der Waals surface area contributed by atoms with E-state index in [4.69, 9.17) is 0 Å². The molecule has 0 radical (unpaired) electrons. The van der Waals surface area contributed by atoms with Crippen molar-refractivity contribution in [2.45, 2.75) is 32.5 Å². The maximum atomic E-state index is 12.8. The van der Waals surface area contributed by atoms with Crippen LogP contribution in [0.2, 0.25) is 0 Å². The Morgan fingerprint density at radius 1 is 1.67 bits per heavy atom. The summed E-state index contributed by atoms with van der Waals surface area (Å²) in [6.07, 6.45) is 0.347. The summed E-state index contributed by atoms with van der Waals surface area (Å²) in [5.41, 5.74) is 0. The maximum Gasteiger partial charge on any atom is 0.117 e. The first-order chi connectivity index (χ1) is 4.25.